The summed E-state index contributed by atoms with van der Waals surface area (Å²) in [5, 5.41) is 14.0. The summed E-state index contributed by atoms with van der Waals surface area (Å²) < 4.78 is 5.34. The van der Waals surface area contributed by atoms with Crippen molar-refractivity contribution in [1.29, 1.82) is 0 Å². The molecule has 0 saturated carbocycles. The first-order chi connectivity index (χ1) is 11.2. The molecular formula is C14H20ClN5O4. The standard InChI is InChI=1S/C14H20ClN5O4/c1-14(2,3)24-13(21)19-6-4-9(5-7-19)17-11-10(20(22)23)8-16-12(15)18-11/h8-9H,4-7H2,1-3H3,(H,16,17,18). The molecule has 0 unspecified atom stereocenters. The number of rotatable bonds is 3. The topological polar surface area (TPSA) is 110 Å². The van der Waals surface area contributed by atoms with Gasteiger partial charge in [0, 0.05) is 19.1 Å². The normalized spacial score (nSPS) is 15.9. The van der Waals surface area contributed by atoms with Gasteiger partial charge >= 0.3 is 11.8 Å². The van der Waals surface area contributed by atoms with Crippen LogP contribution in [0.3, 0.4) is 0 Å². The van der Waals surface area contributed by atoms with Crippen LogP contribution < -0.4 is 5.32 Å². The van der Waals surface area contributed by atoms with E-state index in [0.29, 0.717) is 25.9 Å². The lowest BCUT2D eigenvalue weighted by Crippen LogP contribution is -2.44. The number of nitro groups is 1. The van der Waals surface area contributed by atoms with Crippen LogP contribution in [-0.2, 0) is 4.74 Å². The van der Waals surface area contributed by atoms with E-state index in [1.165, 1.54) is 0 Å². The van der Waals surface area contributed by atoms with Gasteiger partial charge in [-0.2, -0.15) is 4.98 Å². The van der Waals surface area contributed by atoms with Crippen LogP contribution in [0.1, 0.15) is 33.6 Å². The number of ether oxygens (including phenoxy) is 1. The molecule has 1 aromatic rings. The molecule has 0 atom stereocenters. The lowest BCUT2D eigenvalue weighted by Gasteiger charge is -2.33. The van der Waals surface area contributed by atoms with Crippen LogP contribution in [0.4, 0.5) is 16.3 Å². The summed E-state index contributed by atoms with van der Waals surface area (Å²) in [6, 6.07) is -0.0478. The highest BCUT2D eigenvalue weighted by Crippen LogP contribution is 2.25. The molecule has 2 rings (SSSR count). The van der Waals surface area contributed by atoms with Crippen molar-refractivity contribution in [2.75, 3.05) is 18.4 Å². The molecule has 1 saturated heterocycles. The number of hydrogen-bond acceptors (Lipinski definition) is 7. The predicted octanol–water partition coefficient (Wildman–Crippen LogP) is 2.85. The van der Waals surface area contributed by atoms with E-state index < -0.39 is 10.5 Å². The Balaban J connectivity index is 1.95. The lowest BCUT2D eigenvalue weighted by molar-refractivity contribution is -0.384. The Kier molecular flexibility index (Phi) is 5.43. The molecule has 132 valence electrons. The Labute approximate surface area is 144 Å². The van der Waals surface area contributed by atoms with Crippen LogP contribution in [0.15, 0.2) is 6.20 Å². The summed E-state index contributed by atoms with van der Waals surface area (Å²) in [7, 11) is 0. The molecule has 0 aliphatic carbocycles. The van der Waals surface area contributed by atoms with E-state index in [-0.39, 0.29) is 28.9 Å². The molecule has 1 N–H and O–H groups in total. The van der Waals surface area contributed by atoms with Gasteiger partial charge in [0.25, 0.3) is 0 Å². The minimum Gasteiger partial charge on any atom is -0.444 e. The summed E-state index contributed by atoms with van der Waals surface area (Å²) >= 11 is 5.71. The number of hydrogen-bond donors (Lipinski definition) is 1. The number of halogens is 1. The van der Waals surface area contributed by atoms with Gasteiger partial charge in [-0.1, -0.05) is 0 Å². The predicted molar refractivity (Wildman–Crippen MR) is 88.1 cm³/mol. The molecule has 1 aliphatic heterocycles. The van der Waals surface area contributed by atoms with Crippen molar-refractivity contribution >= 4 is 29.2 Å². The third-order valence-electron chi connectivity index (χ3n) is 3.42. The van der Waals surface area contributed by atoms with Gasteiger partial charge in [-0.3, -0.25) is 10.1 Å². The minimum absolute atomic E-state index is 0.0478. The smallest absolute Gasteiger partial charge is 0.410 e. The molecule has 10 heteroatoms. The van der Waals surface area contributed by atoms with Crippen molar-refractivity contribution in [2.24, 2.45) is 0 Å². The zero-order valence-electron chi connectivity index (χ0n) is 13.8. The van der Waals surface area contributed by atoms with Crippen LogP contribution in [-0.4, -0.2) is 50.6 Å². The van der Waals surface area contributed by atoms with Gasteiger partial charge in [0.1, 0.15) is 11.8 Å². The molecular weight excluding hydrogens is 338 g/mol. The number of aromatic nitrogens is 2. The average Bonchev–Trinajstić information content (AvgIpc) is 2.46. The monoisotopic (exact) mass is 357 g/mol. The number of nitrogens with zero attached hydrogens (tertiary/aromatic N) is 4. The summed E-state index contributed by atoms with van der Waals surface area (Å²) in [6.07, 6.45) is 1.97. The van der Waals surface area contributed by atoms with E-state index >= 15 is 0 Å². The van der Waals surface area contributed by atoms with Gasteiger partial charge in [-0.25, -0.2) is 9.78 Å². The number of amides is 1. The highest BCUT2D eigenvalue weighted by Gasteiger charge is 2.28. The van der Waals surface area contributed by atoms with Gasteiger partial charge in [0.2, 0.25) is 11.1 Å². The van der Waals surface area contributed by atoms with Crippen molar-refractivity contribution in [3.05, 3.63) is 21.6 Å². The second-order valence-corrected chi connectivity index (χ2v) is 6.85. The first-order valence-corrected chi connectivity index (χ1v) is 7.95. The van der Waals surface area contributed by atoms with Crippen LogP contribution in [0.25, 0.3) is 0 Å². The molecule has 1 amide bonds. The summed E-state index contributed by atoms with van der Waals surface area (Å²) in [5.74, 6) is 0.0933. The fourth-order valence-corrected chi connectivity index (χ4v) is 2.45. The second-order valence-electron chi connectivity index (χ2n) is 6.52. The zero-order valence-corrected chi connectivity index (χ0v) is 14.5. The Morgan fingerprint density at radius 2 is 2.08 bits per heavy atom. The number of likely N-dealkylation sites (tertiary alicyclic amines) is 1. The maximum absolute atomic E-state index is 12.0. The van der Waals surface area contributed by atoms with E-state index in [0.717, 1.165) is 6.20 Å². The number of nitrogens with one attached hydrogen (secondary N) is 1. The molecule has 1 aromatic heterocycles. The molecule has 0 bridgehead atoms. The Bertz CT molecular complexity index is 626. The Morgan fingerprint density at radius 1 is 1.46 bits per heavy atom. The summed E-state index contributed by atoms with van der Waals surface area (Å²) in [5.41, 5.74) is -0.765. The molecule has 24 heavy (non-hydrogen) atoms. The molecule has 0 radical (unpaired) electrons. The number of carbonyl (C=O) groups is 1. The van der Waals surface area contributed by atoms with E-state index in [4.69, 9.17) is 16.3 Å². The molecule has 0 aromatic carbocycles. The van der Waals surface area contributed by atoms with Gasteiger partial charge in [-0.05, 0) is 45.2 Å². The number of carbonyl (C=O) groups excluding carboxylic acids is 1. The van der Waals surface area contributed by atoms with Crippen LogP contribution >= 0.6 is 11.6 Å². The highest BCUT2D eigenvalue weighted by molar-refractivity contribution is 6.28. The fourth-order valence-electron chi connectivity index (χ4n) is 2.32. The highest BCUT2D eigenvalue weighted by atomic mass is 35.5. The van der Waals surface area contributed by atoms with Gasteiger partial charge in [0.15, 0.2) is 0 Å². The number of anilines is 1. The van der Waals surface area contributed by atoms with Crippen molar-refractivity contribution < 1.29 is 14.5 Å². The zero-order chi connectivity index (χ0) is 17.9. The molecule has 1 fully saturated rings. The fraction of sp³-hybridized carbons (Fsp3) is 0.643. The van der Waals surface area contributed by atoms with Crippen molar-refractivity contribution in [3.63, 3.8) is 0 Å². The maximum Gasteiger partial charge on any atom is 0.410 e. The average molecular weight is 358 g/mol. The lowest BCUT2D eigenvalue weighted by atomic mass is 10.1. The first kappa shape index (κ1) is 18.2. The van der Waals surface area contributed by atoms with Gasteiger partial charge < -0.3 is 15.0 Å². The maximum atomic E-state index is 12.0. The van der Waals surface area contributed by atoms with E-state index in [2.05, 4.69) is 15.3 Å². The van der Waals surface area contributed by atoms with E-state index in [1.54, 1.807) is 4.90 Å². The minimum atomic E-state index is -0.561. The van der Waals surface area contributed by atoms with Crippen molar-refractivity contribution in [3.8, 4) is 0 Å². The molecule has 0 spiro atoms. The van der Waals surface area contributed by atoms with Gasteiger partial charge in [-0.15, -0.1) is 0 Å². The first-order valence-electron chi connectivity index (χ1n) is 7.57. The second kappa shape index (κ2) is 7.16. The SMILES string of the molecule is CC(C)(C)OC(=O)N1CCC(Nc2nc(Cl)ncc2[N+](=O)[O-])CC1. The molecule has 2 heterocycles. The van der Waals surface area contributed by atoms with Crippen molar-refractivity contribution in [2.45, 2.75) is 45.3 Å². The van der Waals surface area contributed by atoms with Gasteiger partial charge in [0.05, 0.1) is 4.92 Å². The van der Waals surface area contributed by atoms with Crippen LogP contribution in [0.2, 0.25) is 5.28 Å². The largest absolute Gasteiger partial charge is 0.444 e. The summed E-state index contributed by atoms with van der Waals surface area (Å²) in [4.78, 5) is 31.6. The summed E-state index contributed by atoms with van der Waals surface area (Å²) in [6.45, 7) is 6.45. The molecule has 9 nitrogen and oxygen atoms in total. The Hall–Kier alpha value is -2.16. The Morgan fingerprint density at radius 3 is 2.62 bits per heavy atom. The molecule has 1 aliphatic rings. The third-order valence-corrected chi connectivity index (χ3v) is 3.61. The van der Waals surface area contributed by atoms with Crippen LogP contribution in [0, 0.1) is 10.1 Å². The van der Waals surface area contributed by atoms with E-state index in [1.807, 2.05) is 20.8 Å². The third kappa shape index (κ3) is 4.92. The quantitative estimate of drug-likeness (QED) is 0.503. The van der Waals surface area contributed by atoms with Crippen LogP contribution in [0.5, 0.6) is 0 Å². The number of piperidine rings is 1. The van der Waals surface area contributed by atoms with Crippen molar-refractivity contribution in [1.82, 2.24) is 14.9 Å². The van der Waals surface area contributed by atoms with E-state index in [9.17, 15) is 14.9 Å².